The third kappa shape index (κ3) is 3.72. The summed E-state index contributed by atoms with van der Waals surface area (Å²) in [5.74, 6) is 1.01. The lowest BCUT2D eigenvalue weighted by Gasteiger charge is -2.16. The molecule has 0 fully saturated rings. The number of benzene rings is 1. The van der Waals surface area contributed by atoms with Crippen LogP contribution in [-0.4, -0.2) is 16.9 Å². The highest BCUT2D eigenvalue weighted by atomic mass is 16.1. The van der Waals surface area contributed by atoms with E-state index in [1.165, 1.54) is 0 Å². The molecule has 2 rings (SSSR count). The van der Waals surface area contributed by atoms with E-state index in [9.17, 15) is 4.79 Å². The number of carbonyl (C=O) groups is 1. The molecule has 0 aliphatic heterocycles. The third-order valence-electron chi connectivity index (χ3n) is 3.63. The molecule has 0 aliphatic rings. The molecule has 0 saturated carbocycles. The quantitative estimate of drug-likeness (QED) is 0.885. The molecule has 1 amide bonds. The number of nitrogens with two attached hydrogens (primary N) is 1. The highest BCUT2D eigenvalue weighted by Crippen LogP contribution is 2.22. The Kier molecular flexibility index (Phi) is 4.78. The van der Waals surface area contributed by atoms with Crippen LogP contribution in [0.15, 0.2) is 30.5 Å². The number of amides is 1. The van der Waals surface area contributed by atoms with Crippen LogP contribution in [0.3, 0.4) is 0 Å². The minimum absolute atomic E-state index is 0.0880. The number of fused-ring (bicyclic) bond motifs is 1. The smallest absolute Gasteiger partial charge is 0.253 e. The molecule has 1 atom stereocenters. The number of pyridine rings is 1. The summed E-state index contributed by atoms with van der Waals surface area (Å²) < 4.78 is 0. The van der Waals surface area contributed by atoms with Crippen LogP contribution in [0.4, 0.5) is 5.82 Å². The Balaban J connectivity index is 2.18. The molecule has 1 unspecified atom stereocenters. The van der Waals surface area contributed by atoms with Gasteiger partial charge >= 0.3 is 0 Å². The maximum Gasteiger partial charge on any atom is 0.253 e. The van der Waals surface area contributed by atoms with Gasteiger partial charge in [0, 0.05) is 17.6 Å². The van der Waals surface area contributed by atoms with Gasteiger partial charge in [-0.15, -0.1) is 0 Å². The van der Waals surface area contributed by atoms with Gasteiger partial charge in [0.15, 0.2) is 0 Å². The van der Waals surface area contributed by atoms with Crippen molar-refractivity contribution in [2.75, 3.05) is 5.73 Å². The van der Waals surface area contributed by atoms with Crippen LogP contribution in [0.5, 0.6) is 0 Å². The molecule has 1 aromatic carbocycles. The number of hydrogen-bond donors (Lipinski definition) is 2. The first-order chi connectivity index (χ1) is 9.99. The number of aromatic nitrogens is 1. The van der Waals surface area contributed by atoms with E-state index in [-0.39, 0.29) is 11.9 Å². The first-order valence-corrected chi connectivity index (χ1v) is 7.43. The zero-order chi connectivity index (χ0) is 15.4. The normalized spacial score (nSPS) is 12.6. The van der Waals surface area contributed by atoms with E-state index in [4.69, 9.17) is 5.73 Å². The molecule has 4 heteroatoms. The Morgan fingerprint density at radius 3 is 2.52 bits per heavy atom. The molecule has 0 radical (unpaired) electrons. The third-order valence-corrected chi connectivity index (χ3v) is 3.63. The van der Waals surface area contributed by atoms with E-state index >= 15 is 0 Å². The van der Waals surface area contributed by atoms with Gasteiger partial charge in [-0.3, -0.25) is 4.79 Å². The second-order valence-corrected chi connectivity index (χ2v) is 5.95. The van der Waals surface area contributed by atoms with Gasteiger partial charge in [-0.1, -0.05) is 38.1 Å². The Bertz CT molecular complexity index is 637. The van der Waals surface area contributed by atoms with Crippen LogP contribution in [0.1, 0.15) is 44.0 Å². The van der Waals surface area contributed by atoms with E-state index < -0.39 is 0 Å². The van der Waals surface area contributed by atoms with Crippen LogP contribution in [0.25, 0.3) is 10.8 Å². The second kappa shape index (κ2) is 6.57. The number of nitrogen functional groups attached to an aromatic ring is 1. The van der Waals surface area contributed by atoms with Crippen LogP contribution in [0, 0.1) is 5.92 Å². The summed E-state index contributed by atoms with van der Waals surface area (Å²) in [4.78, 5) is 16.6. The van der Waals surface area contributed by atoms with E-state index in [2.05, 4.69) is 24.1 Å². The molecule has 21 heavy (non-hydrogen) atoms. The van der Waals surface area contributed by atoms with Crippen LogP contribution < -0.4 is 11.1 Å². The summed E-state index contributed by atoms with van der Waals surface area (Å²) in [5.41, 5.74) is 6.44. The van der Waals surface area contributed by atoms with Gasteiger partial charge in [-0.25, -0.2) is 4.98 Å². The Labute approximate surface area is 125 Å². The lowest BCUT2D eigenvalue weighted by Crippen LogP contribution is -2.33. The summed E-state index contributed by atoms with van der Waals surface area (Å²) in [7, 11) is 0. The number of nitrogens with one attached hydrogen (secondary N) is 1. The van der Waals surface area contributed by atoms with Gasteiger partial charge in [-0.05, 0) is 31.1 Å². The first kappa shape index (κ1) is 15.3. The van der Waals surface area contributed by atoms with Crippen molar-refractivity contribution in [2.45, 2.75) is 39.7 Å². The lowest BCUT2D eigenvalue weighted by atomic mass is 10.0. The number of nitrogens with zero attached hydrogens (tertiary/aromatic N) is 1. The molecule has 0 saturated heterocycles. The standard InChI is InChI=1S/C17H23N3O/c1-11(2)8-9-12(3)20-17(21)15-10-19-16(18)14-7-5-4-6-13(14)15/h4-7,10-12H,8-9H2,1-3H3,(H2,18,19)(H,20,21). The zero-order valence-electron chi connectivity index (χ0n) is 12.9. The van der Waals surface area contributed by atoms with Gasteiger partial charge in [0.2, 0.25) is 0 Å². The lowest BCUT2D eigenvalue weighted by molar-refractivity contribution is 0.0938. The largest absolute Gasteiger partial charge is 0.383 e. The number of rotatable bonds is 5. The van der Waals surface area contributed by atoms with E-state index in [0.717, 1.165) is 23.6 Å². The minimum Gasteiger partial charge on any atom is -0.383 e. The number of hydrogen-bond acceptors (Lipinski definition) is 3. The fourth-order valence-electron chi connectivity index (χ4n) is 2.35. The first-order valence-electron chi connectivity index (χ1n) is 7.43. The summed E-state index contributed by atoms with van der Waals surface area (Å²) in [6.07, 6.45) is 3.63. The van der Waals surface area contributed by atoms with Crippen molar-refractivity contribution in [2.24, 2.45) is 5.92 Å². The molecular weight excluding hydrogens is 262 g/mol. The van der Waals surface area contributed by atoms with E-state index in [1.807, 2.05) is 31.2 Å². The summed E-state index contributed by atoms with van der Waals surface area (Å²) in [6, 6.07) is 7.74. The van der Waals surface area contributed by atoms with Crippen molar-refractivity contribution in [3.05, 3.63) is 36.0 Å². The van der Waals surface area contributed by atoms with Crippen molar-refractivity contribution in [1.82, 2.24) is 10.3 Å². The van der Waals surface area contributed by atoms with E-state index in [1.54, 1.807) is 6.20 Å². The topological polar surface area (TPSA) is 68.0 Å². The fourth-order valence-corrected chi connectivity index (χ4v) is 2.35. The molecule has 0 spiro atoms. The van der Waals surface area contributed by atoms with E-state index in [0.29, 0.717) is 17.3 Å². The van der Waals surface area contributed by atoms with Crippen molar-refractivity contribution in [3.63, 3.8) is 0 Å². The van der Waals surface area contributed by atoms with Crippen LogP contribution in [0.2, 0.25) is 0 Å². The molecule has 112 valence electrons. The zero-order valence-corrected chi connectivity index (χ0v) is 12.9. The molecule has 0 bridgehead atoms. The minimum atomic E-state index is -0.0880. The molecule has 2 aromatic rings. The molecule has 1 heterocycles. The Hall–Kier alpha value is -2.10. The van der Waals surface area contributed by atoms with Gasteiger partial charge in [0.05, 0.1) is 5.56 Å². The maximum atomic E-state index is 12.4. The second-order valence-electron chi connectivity index (χ2n) is 5.95. The average Bonchev–Trinajstić information content (AvgIpc) is 2.45. The Morgan fingerprint density at radius 1 is 1.19 bits per heavy atom. The predicted molar refractivity (Wildman–Crippen MR) is 87.2 cm³/mol. The monoisotopic (exact) mass is 285 g/mol. The molecule has 4 nitrogen and oxygen atoms in total. The van der Waals surface area contributed by atoms with Gasteiger partial charge in [0.1, 0.15) is 5.82 Å². The number of carbonyl (C=O) groups excluding carboxylic acids is 1. The van der Waals surface area contributed by atoms with Crippen molar-refractivity contribution < 1.29 is 4.79 Å². The van der Waals surface area contributed by atoms with Gasteiger partial charge in [0.25, 0.3) is 5.91 Å². The maximum absolute atomic E-state index is 12.4. The highest BCUT2D eigenvalue weighted by Gasteiger charge is 2.14. The molecule has 1 aromatic heterocycles. The Morgan fingerprint density at radius 2 is 1.86 bits per heavy atom. The van der Waals surface area contributed by atoms with Gasteiger partial charge < -0.3 is 11.1 Å². The summed E-state index contributed by atoms with van der Waals surface area (Å²) >= 11 is 0. The van der Waals surface area contributed by atoms with Gasteiger partial charge in [-0.2, -0.15) is 0 Å². The summed E-state index contributed by atoms with van der Waals surface area (Å²) in [6.45, 7) is 6.41. The van der Waals surface area contributed by atoms with Crippen molar-refractivity contribution in [1.29, 1.82) is 0 Å². The highest BCUT2D eigenvalue weighted by molar-refractivity contribution is 6.09. The average molecular weight is 285 g/mol. The molecular formula is C17H23N3O. The van der Waals surface area contributed by atoms with Crippen LogP contribution >= 0.6 is 0 Å². The van der Waals surface area contributed by atoms with Crippen LogP contribution in [-0.2, 0) is 0 Å². The fraction of sp³-hybridized carbons (Fsp3) is 0.412. The van der Waals surface area contributed by atoms with Crippen molar-refractivity contribution >= 4 is 22.5 Å². The predicted octanol–water partition coefficient (Wildman–Crippen LogP) is 3.37. The summed E-state index contributed by atoms with van der Waals surface area (Å²) in [5, 5.41) is 4.71. The molecule has 0 aliphatic carbocycles. The molecule has 3 N–H and O–H groups in total. The van der Waals surface area contributed by atoms with Crippen molar-refractivity contribution in [3.8, 4) is 0 Å². The SMILES string of the molecule is CC(C)CCC(C)NC(=O)c1cnc(N)c2ccccc12. The number of anilines is 1.